The Bertz CT molecular complexity index is 564. The van der Waals surface area contributed by atoms with Crippen molar-refractivity contribution < 1.29 is 5.11 Å². The number of thiophene rings is 1. The van der Waals surface area contributed by atoms with Crippen LogP contribution in [0.3, 0.4) is 0 Å². The number of aromatic nitrogens is 2. The van der Waals surface area contributed by atoms with Gasteiger partial charge in [0.2, 0.25) is 5.95 Å². The molecule has 2 aromatic rings. The topological polar surface area (TPSA) is 78.5 Å². The molecular formula is C12H17N5OS. The van der Waals surface area contributed by atoms with Crippen LogP contribution < -0.4 is 10.6 Å². The molecule has 3 N–H and O–H groups in total. The first-order chi connectivity index (χ1) is 9.28. The highest BCUT2D eigenvalue weighted by Gasteiger charge is 2.20. The number of hydrogen-bond donors (Lipinski definition) is 2. The normalized spacial score (nSPS) is 17.2. The summed E-state index contributed by atoms with van der Waals surface area (Å²) in [7, 11) is 0. The maximum absolute atomic E-state index is 8.96. The van der Waals surface area contributed by atoms with Gasteiger partial charge < -0.3 is 15.7 Å². The Hall–Kier alpha value is -1.44. The summed E-state index contributed by atoms with van der Waals surface area (Å²) in [5.41, 5.74) is 5.78. The second-order valence-electron chi connectivity index (χ2n) is 4.60. The van der Waals surface area contributed by atoms with Crippen molar-refractivity contribution in [3.05, 3.63) is 11.4 Å². The Kier molecular flexibility index (Phi) is 3.50. The molecule has 1 aliphatic heterocycles. The van der Waals surface area contributed by atoms with Crippen molar-refractivity contribution >= 4 is 33.3 Å². The van der Waals surface area contributed by atoms with E-state index in [1.807, 2.05) is 5.38 Å². The van der Waals surface area contributed by atoms with E-state index in [1.54, 1.807) is 11.3 Å². The van der Waals surface area contributed by atoms with Gasteiger partial charge in [0, 0.05) is 32.7 Å². The lowest BCUT2D eigenvalue weighted by molar-refractivity contribution is 0.188. The van der Waals surface area contributed by atoms with Crippen molar-refractivity contribution in [2.75, 3.05) is 50.0 Å². The van der Waals surface area contributed by atoms with Crippen LogP contribution >= 0.6 is 11.3 Å². The van der Waals surface area contributed by atoms with Crippen molar-refractivity contribution in [3.63, 3.8) is 0 Å². The predicted octanol–water partition coefficient (Wildman–Crippen LogP) is 0.388. The number of aliphatic hydroxyl groups excluding tert-OH is 1. The molecule has 1 saturated heterocycles. The third-order valence-electron chi connectivity index (χ3n) is 3.41. The van der Waals surface area contributed by atoms with Gasteiger partial charge in [-0.3, -0.25) is 4.90 Å². The molecule has 0 atom stereocenters. The molecule has 0 unspecified atom stereocenters. The molecule has 3 heterocycles. The number of β-amino-alcohol motifs (C(OH)–C–C–N with tert-alkyl or cyclic N) is 1. The zero-order valence-corrected chi connectivity index (χ0v) is 11.4. The first-order valence-corrected chi connectivity index (χ1v) is 7.25. The van der Waals surface area contributed by atoms with Crippen LogP contribution in [0.15, 0.2) is 11.4 Å². The van der Waals surface area contributed by atoms with Gasteiger partial charge in [-0.2, -0.15) is 4.98 Å². The number of fused-ring (bicyclic) bond motifs is 1. The van der Waals surface area contributed by atoms with Crippen LogP contribution in [0.1, 0.15) is 0 Å². The van der Waals surface area contributed by atoms with Crippen LogP contribution in [0.4, 0.5) is 11.8 Å². The summed E-state index contributed by atoms with van der Waals surface area (Å²) < 4.78 is 0. The molecule has 0 spiro atoms. The predicted molar refractivity (Wildman–Crippen MR) is 77.6 cm³/mol. The standard InChI is InChI=1S/C12H17N5OS/c13-12-14-10(9-1-8-19-11(9)15-12)17-4-2-16(3-5-17)6-7-18/h1,8,18H,2-7H2,(H2,13,14,15). The molecule has 6 nitrogen and oxygen atoms in total. The van der Waals surface area contributed by atoms with Crippen molar-refractivity contribution in [1.29, 1.82) is 0 Å². The highest BCUT2D eigenvalue weighted by Crippen LogP contribution is 2.28. The molecule has 7 heteroatoms. The summed E-state index contributed by atoms with van der Waals surface area (Å²) in [6, 6.07) is 2.05. The fourth-order valence-electron chi connectivity index (χ4n) is 2.42. The molecule has 0 bridgehead atoms. The smallest absolute Gasteiger partial charge is 0.223 e. The van der Waals surface area contributed by atoms with E-state index in [4.69, 9.17) is 10.8 Å². The Morgan fingerprint density at radius 3 is 2.79 bits per heavy atom. The van der Waals surface area contributed by atoms with Gasteiger partial charge >= 0.3 is 0 Å². The summed E-state index contributed by atoms with van der Waals surface area (Å²) in [6.45, 7) is 4.65. The van der Waals surface area contributed by atoms with Gasteiger partial charge in [0.25, 0.3) is 0 Å². The van der Waals surface area contributed by atoms with Gasteiger partial charge in [-0.25, -0.2) is 4.98 Å². The molecule has 19 heavy (non-hydrogen) atoms. The molecule has 0 aliphatic carbocycles. The lowest BCUT2D eigenvalue weighted by Gasteiger charge is -2.35. The van der Waals surface area contributed by atoms with Crippen LogP contribution in [0.5, 0.6) is 0 Å². The summed E-state index contributed by atoms with van der Waals surface area (Å²) in [5, 5.41) is 12.1. The van der Waals surface area contributed by atoms with Crippen molar-refractivity contribution in [2.24, 2.45) is 0 Å². The van der Waals surface area contributed by atoms with Crippen LogP contribution in [-0.4, -0.2) is 59.3 Å². The first kappa shape index (κ1) is 12.6. The minimum atomic E-state index is 0.217. The van der Waals surface area contributed by atoms with E-state index in [0.717, 1.165) is 48.8 Å². The van der Waals surface area contributed by atoms with E-state index in [-0.39, 0.29) is 6.61 Å². The van der Waals surface area contributed by atoms with E-state index in [2.05, 4.69) is 25.8 Å². The summed E-state index contributed by atoms with van der Waals surface area (Å²) in [4.78, 5) is 14.1. The van der Waals surface area contributed by atoms with Crippen molar-refractivity contribution in [2.45, 2.75) is 0 Å². The van der Waals surface area contributed by atoms with Gasteiger partial charge in [-0.15, -0.1) is 11.3 Å². The third-order valence-corrected chi connectivity index (χ3v) is 4.22. The molecule has 0 saturated carbocycles. The quantitative estimate of drug-likeness (QED) is 0.846. The molecule has 0 amide bonds. The van der Waals surface area contributed by atoms with E-state index in [9.17, 15) is 0 Å². The van der Waals surface area contributed by atoms with Crippen LogP contribution in [0, 0.1) is 0 Å². The molecule has 0 aromatic carbocycles. The summed E-state index contributed by atoms with van der Waals surface area (Å²) >= 11 is 1.59. The molecular weight excluding hydrogens is 262 g/mol. The lowest BCUT2D eigenvalue weighted by atomic mass is 10.2. The maximum atomic E-state index is 8.96. The highest BCUT2D eigenvalue weighted by atomic mass is 32.1. The second-order valence-corrected chi connectivity index (χ2v) is 5.49. The summed E-state index contributed by atoms with van der Waals surface area (Å²) in [6.07, 6.45) is 0. The molecule has 102 valence electrons. The molecule has 0 radical (unpaired) electrons. The average molecular weight is 279 g/mol. The number of hydrogen-bond acceptors (Lipinski definition) is 7. The van der Waals surface area contributed by atoms with Gasteiger partial charge in [0.05, 0.1) is 12.0 Å². The number of rotatable bonds is 3. The van der Waals surface area contributed by atoms with Gasteiger partial charge in [0.1, 0.15) is 10.6 Å². The number of nitrogens with zero attached hydrogens (tertiary/aromatic N) is 4. The molecule has 3 rings (SSSR count). The van der Waals surface area contributed by atoms with Gasteiger partial charge in [0.15, 0.2) is 0 Å². The Morgan fingerprint density at radius 2 is 2.05 bits per heavy atom. The Balaban J connectivity index is 1.83. The van der Waals surface area contributed by atoms with E-state index < -0.39 is 0 Å². The van der Waals surface area contributed by atoms with Crippen molar-refractivity contribution in [3.8, 4) is 0 Å². The first-order valence-electron chi connectivity index (χ1n) is 6.37. The molecule has 1 fully saturated rings. The maximum Gasteiger partial charge on any atom is 0.223 e. The van der Waals surface area contributed by atoms with Crippen LogP contribution in [0.25, 0.3) is 10.2 Å². The highest BCUT2D eigenvalue weighted by molar-refractivity contribution is 7.16. The fraction of sp³-hybridized carbons (Fsp3) is 0.500. The van der Waals surface area contributed by atoms with Crippen LogP contribution in [0.2, 0.25) is 0 Å². The largest absolute Gasteiger partial charge is 0.395 e. The molecule has 2 aromatic heterocycles. The van der Waals surface area contributed by atoms with E-state index in [0.29, 0.717) is 5.95 Å². The second kappa shape index (κ2) is 5.28. The minimum Gasteiger partial charge on any atom is -0.395 e. The Labute approximate surface area is 115 Å². The van der Waals surface area contributed by atoms with Crippen LogP contribution in [-0.2, 0) is 0 Å². The number of anilines is 2. The fourth-order valence-corrected chi connectivity index (χ4v) is 3.19. The summed E-state index contributed by atoms with van der Waals surface area (Å²) in [5.74, 6) is 1.27. The SMILES string of the molecule is Nc1nc(N2CCN(CCO)CC2)c2ccsc2n1. The van der Waals surface area contributed by atoms with Crippen molar-refractivity contribution in [1.82, 2.24) is 14.9 Å². The third kappa shape index (κ3) is 2.49. The molecule has 1 aliphatic rings. The number of aliphatic hydroxyl groups is 1. The van der Waals surface area contributed by atoms with E-state index in [1.165, 1.54) is 0 Å². The Morgan fingerprint density at radius 1 is 1.26 bits per heavy atom. The lowest BCUT2D eigenvalue weighted by Crippen LogP contribution is -2.47. The average Bonchev–Trinajstić information content (AvgIpc) is 2.87. The number of nitrogen functional groups attached to an aromatic ring is 1. The number of piperazine rings is 1. The number of nitrogens with two attached hydrogens (primary N) is 1. The minimum absolute atomic E-state index is 0.217. The zero-order chi connectivity index (χ0) is 13.2. The zero-order valence-electron chi connectivity index (χ0n) is 10.6. The van der Waals surface area contributed by atoms with E-state index >= 15 is 0 Å². The monoisotopic (exact) mass is 279 g/mol. The van der Waals surface area contributed by atoms with Gasteiger partial charge in [-0.05, 0) is 11.4 Å². The van der Waals surface area contributed by atoms with Gasteiger partial charge in [-0.1, -0.05) is 0 Å².